The predicted molar refractivity (Wildman–Crippen MR) is 115 cm³/mol. The highest BCUT2D eigenvalue weighted by molar-refractivity contribution is 6.86. The molecule has 0 spiro atoms. The van der Waals surface area contributed by atoms with Crippen LogP contribution in [-0.2, 0) is 0 Å². The summed E-state index contributed by atoms with van der Waals surface area (Å²) in [6.45, 7) is 16.4. The highest BCUT2D eigenvalue weighted by atomic mass is 14.1. The fourth-order valence-electron chi connectivity index (χ4n) is 4.69. The molecule has 0 saturated carbocycles. The average Bonchev–Trinajstić information content (AvgIpc) is 2.48. The van der Waals surface area contributed by atoms with Gasteiger partial charge in [-0.15, -0.1) is 0 Å². The van der Waals surface area contributed by atoms with Gasteiger partial charge in [0.25, 0.3) is 0 Å². The van der Waals surface area contributed by atoms with E-state index >= 15 is 0 Å². The van der Waals surface area contributed by atoms with Crippen LogP contribution in [0.25, 0.3) is 0 Å². The van der Waals surface area contributed by atoms with Crippen molar-refractivity contribution in [1.82, 2.24) is 0 Å². The summed E-state index contributed by atoms with van der Waals surface area (Å²) in [5.74, 6) is 0. The van der Waals surface area contributed by atoms with Crippen LogP contribution in [-0.4, -0.2) is 6.71 Å². The van der Waals surface area contributed by atoms with Crippen molar-refractivity contribution < 1.29 is 0 Å². The molecule has 0 aliphatic heterocycles. The van der Waals surface area contributed by atoms with Gasteiger partial charge in [-0.25, -0.2) is 0 Å². The molecule has 134 valence electrons. The molecule has 2 rings (SSSR count). The van der Waals surface area contributed by atoms with Crippen molar-refractivity contribution in [3.8, 4) is 0 Å². The molecule has 0 radical (unpaired) electrons. The summed E-state index contributed by atoms with van der Waals surface area (Å²) >= 11 is 0. The number of rotatable bonds is 7. The standard InChI is InChI=1S/C24H35B/c1-8-9-10-11-12-25(23-19(4)13-17(2)14-20(23)5)24-21(6)15-18(3)16-22(24)7/h13-16H,8-12H2,1-7H3. The largest absolute Gasteiger partial charge is 0.210 e. The number of aryl methyl sites for hydroxylation is 6. The van der Waals surface area contributed by atoms with E-state index in [9.17, 15) is 0 Å². The molecule has 0 aliphatic carbocycles. The van der Waals surface area contributed by atoms with Crippen LogP contribution in [0.5, 0.6) is 0 Å². The molecule has 1 heteroatoms. The maximum Gasteiger partial charge on any atom is 0.210 e. The molecule has 0 saturated heterocycles. The van der Waals surface area contributed by atoms with E-state index in [2.05, 4.69) is 72.7 Å². The molecule has 0 unspecified atom stereocenters. The molecule has 0 aliphatic rings. The molecular formula is C24H35B. The quantitative estimate of drug-likeness (QED) is 0.448. The molecule has 2 aromatic carbocycles. The SMILES string of the molecule is CCCCCCB(c1c(C)cc(C)cc1C)c1c(C)cc(C)cc1C. The summed E-state index contributed by atoms with van der Waals surface area (Å²) < 4.78 is 0. The fourth-order valence-corrected chi connectivity index (χ4v) is 4.69. The minimum atomic E-state index is 0.526. The van der Waals surface area contributed by atoms with Gasteiger partial charge in [-0.2, -0.15) is 0 Å². The van der Waals surface area contributed by atoms with Crippen molar-refractivity contribution in [2.24, 2.45) is 0 Å². The van der Waals surface area contributed by atoms with E-state index in [4.69, 9.17) is 0 Å². The van der Waals surface area contributed by atoms with E-state index in [0.717, 1.165) is 0 Å². The van der Waals surface area contributed by atoms with Gasteiger partial charge in [0.05, 0.1) is 0 Å². The lowest BCUT2D eigenvalue weighted by atomic mass is 9.35. The van der Waals surface area contributed by atoms with Gasteiger partial charge in [0.1, 0.15) is 0 Å². The first-order valence-corrected chi connectivity index (χ1v) is 10.0. The summed E-state index contributed by atoms with van der Waals surface area (Å²) in [6, 6.07) is 9.45. The van der Waals surface area contributed by atoms with Crippen LogP contribution in [0.2, 0.25) is 6.32 Å². The predicted octanol–water partition coefficient (Wildman–Crippen LogP) is 5.73. The second-order valence-corrected chi connectivity index (χ2v) is 8.03. The van der Waals surface area contributed by atoms with Crippen molar-refractivity contribution in [1.29, 1.82) is 0 Å². The van der Waals surface area contributed by atoms with E-state index in [1.54, 1.807) is 10.9 Å². The maximum absolute atomic E-state index is 2.36. The third-order valence-electron chi connectivity index (χ3n) is 5.52. The zero-order chi connectivity index (χ0) is 18.6. The molecule has 0 bridgehead atoms. The van der Waals surface area contributed by atoms with E-state index in [1.165, 1.54) is 65.4 Å². The Bertz CT molecular complexity index is 623. The van der Waals surface area contributed by atoms with Gasteiger partial charge in [-0.3, -0.25) is 0 Å². The van der Waals surface area contributed by atoms with Gasteiger partial charge in [-0.1, -0.05) is 107 Å². The summed E-state index contributed by atoms with van der Waals surface area (Å²) in [5, 5.41) is 0. The minimum Gasteiger partial charge on any atom is -0.0684 e. The first-order valence-electron chi connectivity index (χ1n) is 10.0. The Labute approximate surface area is 156 Å². The molecule has 0 heterocycles. The van der Waals surface area contributed by atoms with Crippen LogP contribution in [0.15, 0.2) is 24.3 Å². The second kappa shape index (κ2) is 8.74. The number of unbranched alkanes of at least 4 members (excludes halogenated alkanes) is 3. The van der Waals surface area contributed by atoms with Crippen LogP contribution < -0.4 is 10.9 Å². The molecule has 0 nitrogen and oxygen atoms in total. The molecule has 0 fully saturated rings. The highest BCUT2D eigenvalue weighted by Crippen LogP contribution is 2.16. The molecule has 0 amide bonds. The van der Waals surface area contributed by atoms with Crippen molar-refractivity contribution in [3.05, 3.63) is 57.6 Å². The van der Waals surface area contributed by atoms with Crippen molar-refractivity contribution in [2.75, 3.05) is 0 Å². The Morgan fingerprint density at radius 1 is 0.600 bits per heavy atom. The molecule has 0 atom stereocenters. The maximum atomic E-state index is 2.36. The second-order valence-electron chi connectivity index (χ2n) is 8.03. The smallest absolute Gasteiger partial charge is 0.0684 e. The third-order valence-corrected chi connectivity index (χ3v) is 5.52. The zero-order valence-corrected chi connectivity index (χ0v) is 17.4. The van der Waals surface area contributed by atoms with Crippen LogP contribution in [0.3, 0.4) is 0 Å². The van der Waals surface area contributed by atoms with Gasteiger partial charge < -0.3 is 0 Å². The lowest BCUT2D eigenvalue weighted by Crippen LogP contribution is -2.47. The Hall–Kier alpha value is -1.50. The molecule has 0 N–H and O–H groups in total. The lowest BCUT2D eigenvalue weighted by molar-refractivity contribution is 0.700. The number of hydrogen-bond acceptors (Lipinski definition) is 0. The fraction of sp³-hybridized carbons (Fsp3) is 0.500. The van der Waals surface area contributed by atoms with Crippen LogP contribution in [0.4, 0.5) is 0 Å². The first kappa shape index (κ1) is 19.8. The Kier molecular flexibility index (Phi) is 6.93. The molecule has 0 aromatic heterocycles. The van der Waals surface area contributed by atoms with Crippen LogP contribution >= 0.6 is 0 Å². The van der Waals surface area contributed by atoms with Gasteiger partial charge in [0.2, 0.25) is 6.71 Å². The van der Waals surface area contributed by atoms with Gasteiger partial charge >= 0.3 is 0 Å². The summed E-state index contributed by atoms with van der Waals surface area (Å²) in [4.78, 5) is 0. The Morgan fingerprint density at radius 2 is 1.00 bits per heavy atom. The number of hydrogen-bond donors (Lipinski definition) is 0. The Balaban J connectivity index is 2.52. The Morgan fingerprint density at radius 3 is 1.36 bits per heavy atom. The van der Waals surface area contributed by atoms with Crippen molar-refractivity contribution in [2.45, 2.75) is 80.5 Å². The van der Waals surface area contributed by atoms with E-state index in [-0.39, 0.29) is 0 Å². The molecular weight excluding hydrogens is 299 g/mol. The zero-order valence-electron chi connectivity index (χ0n) is 17.4. The summed E-state index contributed by atoms with van der Waals surface area (Å²) in [7, 11) is 0. The van der Waals surface area contributed by atoms with Gasteiger partial charge in [-0.05, 0) is 41.5 Å². The minimum absolute atomic E-state index is 0.526. The highest BCUT2D eigenvalue weighted by Gasteiger charge is 2.25. The van der Waals surface area contributed by atoms with E-state index < -0.39 is 0 Å². The van der Waals surface area contributed by atoms with Crippen LogP contribution in [0.1, 0.15) is 66.0 Å². The van der Waals surface area contributed by atoms with E-state index in [1.807, 2.05) is 0 Å². The first-order chi connectivity index (χ1) is 11.8. The van der Waals surface area contributed by atoms with Crippen LogP contribution in [0, 0.1) is 41.5 Å². The molecule has 2 aromatic rings. The normalized spacial score (nSPS) is 11.0. The number of benzene rings is 2. The van der Waals surface area contributed by atoms with Gasteiger partial charge in [0.15, 0.2) is 0 Å². The summed E-state index contributed by atoms with van der Waals surface area (Å²) in [6.07, 6.45) is 6.58. The van der Waals surface area contributed by atoms with Crippen molar-refractivity contribution >= 4 is 17.6 Å². The lowest BCUT2D eigenvalue weighted by Gasteiger charge is -2.24. The third kappa shape index (κ3) is 4.78. The average molecular weight is 334 g/mol. The topological polar surface area (TPSA) is 0 Å². The van der Waals surface area contributed by atoms with E-state index in [0.29, 0.717) is 6.71 Å². The van der Waals surface area contributed by atoms with Gasteiger partial charge in [0, 0.05) is 0 Å². The molecule has 25 heavy (non-hydrogen) atoms. The summed E-state index contributed by atoms with van der Waals surface area (Å²) in [5.41, 5.74) is 11.7. The van der Waals surface area contributed by atoms with Crippen molar-refractivity contribution in [3.63, 3.8) is 0 Å². The monoisotopic (exact) mass is 334 g/mol.